The molecule has 1 aromatic heterocycles. The van der Waals surface area contributed by atoms with Crippen molar-refractivity contribution in [3.63, 3.8) is 0 Å². The van der Waals surface area contributed by atoms with Gasteiger partial charge in [-0.25, -0.2) is 18.2 Å². The second kappa shape index (κ2) is 11.3. The van der Waals surface area contributed by atoms with Crippen molar-refractivity contribution < 1.29 is 26.4 Å². The molecule has 3 N–H and O–H groups in total. The summed E-state index contributed by atoms with van der Waals surface area (Å²) >= 11 is 0. The first kappa shape index (κ1) is 27.1. The number of nitrogens with zero attached hydrogens (tertiary/aromatic N) is 2. The summed E-state index contributed by atoms with van der Waals surface area (Å²) in [6, 6.07) is 13.1. The number of sulfonamides is 1. The van der Waals surface area contributed by atoms with Crippen LogP contribution in [0.4, 0.5) is 13.2 Å². The van der Waals surface area contributed by atoms with Crippen LogP contribution in [0.15, 0.2) is 59.5 Å². The molecule has 0 aliphatic rings. The van der Waals surface area contributed by atoms with E-state index in [-0.39, 0.29) is 22.2 Å². The van der Waals surface area contributed by atoms with Gasteiger partial charge in [-0.1, -0.05) is 36.8 Å². The zero-order valence-electron chi connectivity index (χ0n) is 19.1. The first-order chi connectivity index (χ1) is 15.9. The van der Waals surface area contributed by atoms with Gasteiger partial charge in [0, 0.05) is 18.5 Å². The minimum Gasteiger partial charge on any atom is -0.356 e. The summed E-state index contributed by atoms with van der Waals surface area (Å²) in [5.41, 5.74) is 0.996. The van der Waals surface area contributed by atoms with Gasteiger partial charge in [-0.15, -0.1) is 0 Å². The van der Waals surface area contributed by atoms with E-state index in [1.807, 2.05) is 20.8 Å². The molecule has 0 unspecified atom stereocenters. The molecule has 0 saturated heterocycles. The number of benzene rings is 2. The zero-order chi connectivity index (χ0) is 25.5. The molecule has 0 fully saturated rings. The molecular weight excluding hydrogens is 469 g/mol. The van der Waals surface area contributed by atoms with Gasteiger partial charge in [0.1, 0.15) is 0 Å². The first-order valence-electron chi connectivity index (χ1n) is 10.5. The second-order valence-corrected chi connectivity index (χ2v) is 8.99. The van der Waals surface area contributed by atoms with E-state index in [2.05, 4.69) is 10.4 Å². The summed E-state index contributed by atoms with van der Waals surface area (Å²) in [6.45, 7) is 6.54. The van der Waals surface area contributed by atoms with Crippen LogP contribution in [0.3, 0.4) is 0 Å². The first-order valence-corrected chi connectivity index (χ1v) is 12.1. The highest BCUT2D eigenvalue weighted by molar-refractivity contribution is 7.89. The van der Waals surface area contributed by atoms with Crippen molar-refractivity contribution in [3.8, 4) is 16.9 Å². The Balaban J connectivity index is 0.000000440. The number of carbonyl (C=O) groups excluding carboxylic acids is 1. The van der Waals surface area contributed by atoms with Crippen molar-refractivity contribution in [1.82, 2.24) is 15.1 Å². The summed E-state index contributed by atoms with van der Waals surface area (Å²) < 4.78 is 63.2. The van der Waals surface area contributed by atoms with Gasteiger partial charge >= 0.3 is 6.18 Å². The van der Waals surface area contributed by atoms with Gasteiger partial charge in [-0.05, 0) is 50.6 Å². The number of halogens is 3. The highest BCUT2D eigenvalue weighted by atomic mass is 32.2. The van der Waals surface area contributed by atoms with Crippen LogP contribution in [0.2, 0.25) is 0 Å². The molecule has 1 amide bonds. The number of aryl methyl sites for hydroxylation is 1. The smallest absolute Gasteiger partial charge is 0.356 e. The Morgan fingerprint density at radius 3 is 2.12 bits per heavy atom. The Morgan fingerprint density at radius 2 is 1.65 bits per heavy atom. The monoisotopic (exact) mass is 496 g/mol. The Bertz CT molecular complexity index is 1200. The highest BCUT2D eigenvalue weighted by Crippen LogP contribution is 2.33. The van der Waals surface area contributed by atoms with Crippen LogP contribution in [-0.2, 0) is 21.0 Å². The fraction of sp³-hybridized carbons (Fsp3) is 0.304. The lowest BCUT2D eigenvalue weighted by atomic mass is 10.1. The van der Waals surface area contributed by atoms with Gasteiger partial charge in [0.25, 0.3) is 0 Å². The highest BCUT2D eigenvalue weighted by Gasteiger charge is 2.35. The van der Waals surface area contributed by atoms with Crippen molar-refractivity contribution in [2.45, 2.75) is 44.7 Å². The quantitative estimate of drug-likeness (QED) is 0.526. The molecule has 3 rings (SSSR count). The molecule has 1 heterocycles. The maximum atomic E-state index is 13.1. The summed E-state index contributed by atoms with van der Waals surface area (Å²) in [5, 5.41) is 11.4. The Hall–Kier alpha value is -3.18. The summed E-state index contributed by atoms with van der Waals surface area (Å²) in [5.74, 6) is 0.162. The van der Waals surface area contributed by atoms with Crippen molar-refractivity contribution in [2.75, 3.05) is 6.54 Å². The normalized spacial score (nSPS) is 11.5. The molecule has 0 saturated carbocycles. The Kier molecular flexibility index (Phi) is 9.00. The minimum atomic E-state index is -4.61. The molecule has 0 spiro atoms. The number of primary sulfonamides is 1. The predicted molar refractivity (Wildman–Crippen MR) is 124 cm³/mol. The standard InChI is InChI=1S/C17H14F3N3O2S.C6H13NO/c1-11-2-4-12(5-3-11)15-10-16(17(18,19)20)22-23(15)13-6-8-14(9-7-13)26(21,24)25;1-3-5-6(8)7-4-2/h2-10H,1H3,(H2,21,24,25);3-5H2,1-2H3,(H,7,8). The topological polar surface area (TPSA) is 107 Å². The van der Waals surface area contributed by atoms with Crippen LogP contribution in [0.1, 0.15) is 37.9 Å². The molecule has 0 aliphatic carbocycles. The SMILES string of the molecule is CCCC(=O)NCC.Cc1ccc(-c2cc(C(F)(F)F)nn2-c2ccc(S(N)(=O)=O)cc2)cc1. The summed E-state index contributed by atoms with van der Waals surface area (Å²) in [7, 11) is -3.90. The lowest BCUT2D eigenvalue weighted by molar-refractivity contribution is -0.141. The Labute approximate surface area is 196 Å². The number of hydrogen-bond donors (Lipinski definition) is 2. The fourth-order valence-corrected chi connectivity index (χ4v) is 3.45. The number of rotatable bonds is 6. The maximum Gasteiger partial charge on any atom is 0.435 e. The van der Waals surface area contributed by atoms with Crippen molar-refractivity contribution in [1.29, 1.82) is 0 Å². The fourth-order valence-electron chi connectivity index (χ4n) is 2.94. The molecule has 184 valence electrons. The molecule has 7 nitrogen and oxygen atoms in total. The van der Waals surface area contributed by atoms with Crippen LogP contribution in [0, 0.1) is 6.92 Å². The van der Waals surface area contributed by atoms with E-state index >= 15 is 0 Å². The van der Waals surface area contributed by atoms with E-state index < -0.39 is 21.9 Å². The van der Waals surface area contributed by atoms with Crippen molar-refractivity contribution >= 4 is 15.9 Å². The van der Waals surface area contributed by atoms with E-state index in [1.54, 1.807) is 24.3 Å². The van der Waals surface area contributed by atoms with E-state index in [0.29, 0.717) is 12.0 Å². The third kappa shape index (κ3) is 7.42. The number of amides is 1. The maximum absolute atomic E-state index is 13.1. The molecule has 3 aromatic rings. The second-order valence-electron chi connectivity index (χ2n) is 7.43. The van der Waals surface area contributed by atoms with Crippen molar-refractivity contribution in [3.05, 3.63) is 65.9 Å². The molecular formula is C23H27F3N4O3S. The molecule has 0 atom stereocenters. The van der Waals surface area contributed by atoms with E-state index in [4.69, 9.17) is 5.14 Å². The molecule has 2 aromatic carbocycles. The van der Waals surface area contributed by atoms with Gasteiger partial charge < -0.3 is 5.32 Å². The summed E-state index contributed by atoms with van der Waals surface area (Å²) in [4.78, 5) is 10.4. The largest absolute Gasteiger partial charge is 0.435 e. The number of nitrogens with one attached hydrogen (secondary N) is 1. The van der Waals surface area contributed by atoms with Crippen molar-refractivity contribution in [2.24, 2.45) is 5.14 Å². The zero-order valence-corrected chi connectivity index (χ0v) is 19.9. The van der Waals surface area contributed by atoms with E-state index in [1.165, 1.54) is 24.3 Å². The lowest BCUT2D eigenvalue weighted by Crippen LogP contribution is -2.21. The van der Waals surface area contributed by atoms with Crippen LogP contribution >= 0.6 is 0 Å². The third-order valence-corrected chi connectivity index (χ3v) is 5.54. The van der Waals surface area contributed by atoms with E-state index in [0.717, 1.165) is 29.3 Å². The Morgan fingerprint density at radius 1 is 1.06 bits per heavy atom. The number of nitrogens with two attached hydrogens (primary N) is 1. The van der Waals surface area contributed by atoms with E-state index in [9.17, 15) is 26.4 Å². The number of hydrogen-bond acceptors (Lipinski definition) is 4. The van der Waals surface area contributed by atoms with Gasteiger partial charge in [0.05, 0.1) is 16.3 Å². The third-order valence-electron chi connectivity index (χ3n) is 4.61. The van der Waals surface area contributed by atoms with Gasteiger partial charge in [0.15, 0.2) is 5.69 Å². The minimum absolute atomic E-state index is 0.138. The van der Waals surface area contributed by atoms with Crippen LogP contribution in [0.25, 0.3) is 16.9 Å². The van der Waals surface area contributed by atoms with Crippen LogP contribution in [-0.4, -0.2) is 30.7 Å². The molecule has 34 heavy (non-hydrogen) atoms. The van der Waals surface area contributed by atoms with Gasteiger partial charge in [-0.3, -0.25) is 4.79 Å². The number of aromatic nitrogens is 2. The van der Waals surface area contributed by atoms with Crippen LogP contribution in [0.5, 0.6) is 0 Å². The number of carbonyl (C=O) groups is 1. The molecule has 11 heteroatoms. The molecule has 0 bridgehead atoms. The average molecular weight is 497 g/mol. The predicted octanol–water partition coefficient (Wildman–Crippen LogP) is 4.44. The lowest BCUT2D eigenvalue weighted by Gasteiger charge is -2.09. The van der Waals surface area contributed by atoms with Gasteiger partial charge in [0.2, 0.25) is 15.9 Å². The number of alkyl halides is 3. The molecule has 0 radical (unpaired) electrons. The van der Waals surface area contributed by atoms with Crippen LogP contribution < -0.4 is 10.5 Å². The van der Waals surface area contributed by atoms with Gasteiger partial charge in [-0.2, -0.15) is 18.3 Å². The summed E-state index contributed by atoms with van der Waals surface area (Å²) in [6.07, 6.45) is -3.01. The average Bonchev–Trinajstić information content (AvgIpc) is 3.21. The molecule has 0 aliphatic heterocycles.